The van der Waals surface area contributed by atoms with Crippen LogP contribution in [0.3, 0.4) is 0 Å². The van der Waals surface area contributed by atoms with Crippen LogP contribution in [0.2, 0.25) is 0 Å². The standard InChI is InChI=1S/C16H23Br2NO/c1-5-13(6-2)19(10-11(3)4)16(20)14-9-12(17)7-8-15(14)18/h7-9,11,13H,5-6,10H2,1-4H3. The van der Waals surface area contributed by atoms with Crippen molar-refractivity contribution < 1.29 is 4.79 Å². The molecule has 4 heteroatoms. The molecule has 0 heterocycles. The average Bonchev–Trinajstić information content (AvgIpc) is 2.40. The second-order valence-corrected chi connectivity index (χ2v) is 7.22. The molecule has 0 saturated carbocycles. The topological polar surface area (TPSA) is 20.3 Å². The van der Waals surface area contributed by atoms with E-state index in [1.54, 1.807) is 0 Å². The molecule has 0 fully saturated rings. The minimum absolute atomic E-state index is 0.112. The molecule has 0 atom stereocenters. The maximum Gasteiger partial charge on any atom is 0.255 e. The van der Waals surface area contributed by atoms with Gasteiger partial charge >= 0.3 is 0 Å². The molecule has 0 unspecified atom stereocenters. The Morgan fingerprint density at radius 2 is 1.80 bits per heavy atom. The van der Waals surface area contributed by atoms with Gasteiger partial charge in [-0.15, -0.1) is 0 Å². The average molecular weight is 405 g/mol. The Balaban J connectivity index is 3.12. The van der Waals surface area contributed by atoms with Crippen molar-refractivity contribution in [3.05, 3.63) is 32.7 Å². The molecule has 0 aliphatic heterocycles. The summed E-state index contributed by atoms with van der Waals surface area (Å²) in [6, 6.07) is 6.04. The van der Waals surface area contributed by atoms with Crippen molar-refractivity contribution in [1.82, 2.24) is 4.90 Å². The largest absolute Gasteiger partial charge is 0.335 e. The molecule has 0 N–H and O–H groups in total. The molecule has 2 nitrogen and oxygen atoms in total. The van der Waals surface area contributed by atoms with Gasteiger partial charge < -0.3 is 4.90 Å². The highest BCUT2D eigenvalue weighted by atomic mass is 79.9. The Morgan fingerprint density at radius 3 is 2.30 bits per heavy atom. The Labute approximate surface area is 139 Å². The lowest BCUT2D eigenvalue weighted by Crippen LogP contribution is -2.42. The van der Waals surface area contributed by atoms with Crippen molar-refractivity contribution in [1.29, 1.82) is 0 Å². The lowest BCUT2D eigenvalue weighted by Gasteiger charge is -2.32. The SMILES string of the molecule is CCC(CC)N(CC(C)C)C(=O)c1cc(Br)ccc1Br. The third-order valence-electron chi connectivity index (χ3n) is 3.36. The molecule has 1 aromatic rings. The predicted octanol–water partition coefficient (Wildman–Crippen LogP) is 5.50. The summed E-state index contributed by atoms with van der Waals surface area (Å²) in [4.78, 5) is 14.9. The van der Waals surface area contributed by atoms with E-state index in [2.05, 4.69) is 59.6 Å². The summed E-state index contributed by atoms with van der Waals surface area (Å²) in [6.07, 6.45) is 1.97. The van der Waals surface area contributed by atoms with Crippen molar-refractivity contribution in [2.75, 3.05) is 6.54 Å². The van der Waals surface area contributed by atoms with Crippen LogP contribution in [0, 0.1) is 5.92 Å². The summed E-state index contributed by atoms with van der Waals surface area (Å²) in [7, 11) is 0. The Bertz CT molecular complexity index is 456. The zero-order valence-corrected chi connectivity index (χ0v) is 15.8. The first-order valence-corrected chi connectivity index (χ1v) is 8.75. The van der Waals surface area contributed by atoms with Crippen LogP contribution in [0.4, 0.5) is 0 Å². The summed E-state index contributed by atoms with van der Waals surface area (Å²) >= 11 is 6.93. The van der Waals surface area contributed by atoms with E-state index in [9.17, 15) is 4.79 Å². The molecule has 0 aromatic heterocycles. The van der Waals surface area contributed by atoms with Crippen LogP contribution in [0.1, 0.15) is 50.9 Å². The molecule has 0 radical (unpaired) electrons. The highest BCUT2D eigenvalue weighted by Gasteiger charge is 2.24. The van der Waals surface area contributed by atoms with E-state index in [4.69, 9.17) is 0 Å². The van der Waals surface area contributed by atoms with E-state index in [0.717, 1.165) is 33.9 Å². The molecular weight excluding hydrogens is 382 g/mol. The molecule has 0 aliphatic rings. The van der Waals surface area contributed by atoms with Crippen molar-refractivity contribution in [3.63, 3.8) is 0 Å². The first-order chi connectivity index (χ1) is 9.40. The zero-order valence-electron chi connectivity index (χ0n) is 12.6. The molecule has 1 amide bonds. The fraction of sp³-hybridized carbons (Fsp3) is 0.562. The molecule has 0 saturated heterocycles. The van der Waals surface area contributed by atoms with E-state index in [-0.39, 0.29) is 5.91 Å². The number of halogens is 2. The van der Waals surface area contributed by atoms with Gasteiger partial charge in [0, 0.05) is 21.5 Å². The molecule has 0 aliphatic carbocycles. The minimum atomic E-state index is 0.112. The number of hydrogen-bond donors (Lipinski definition) is 0. The van der Waals surface area contributed by atoms with Crippen molar-refractivity contribution >= 4 is 37.8 Å². The van der Waals surface area contributed by atoms with Gasteiger partial charge in [-0.05, 0) is 52.9 Å². The fourth-order valence-electron chi connectivity index (χ4n) is 2.34. The zero-order chi connectivity index (χ0) is 15.3. The van der Waals surface area contributed by atoms with Crippen molar-refractivity contribution in [2.45, 2.75) is 46.6 Å². The monoisotopic (exact) mass is 403 g/mol. The normalized spacial score (nSPS) is 11.2. The first kappa shape index (κ1) is 17.7. The third kappa shape index (κ3) is 4.59. The summed E-state index contributed by atoms with van der Waals surface area (Å²) in [6.45, 7) is 9.39. The van der Waals surface area contributed by atoms with Gasteiger partial charge in [0.1, 0.15) is 0 Å². The smallest absolute Gasteiger partial charge is 0.255 e. The lowest BCUT2D eigenvalue weighted by atomic mass is 10.1. The Morgan fingerprint density at radius 1 is 1.20 bits per heavy atom. The number of carbonyl (C=O) groups is 1. The van der Waals surface area contributed by atoms with Crippen LogP contribution in [0.5, 0.6) is 0 Å². The molecule has 1 rings (SSSR count). The number of nitrogens with zero attached hydrogens (tertiary/aromatic N) is 1. The van der Waals surface area contributed by atoms with Gasteiger partial charge in [0.05, 0.1) is 5.56 Å². The molecule has 0 spiro atoms. The number of hydrogen-bond acceptors (Lipinski definition) is 1. The Hall–Kier alpha value is -0.350. The lowest BCUT2D eigenvalue weighted by molar-refractivity contribution is 0.0639. The first-order valence-electron chi connectivity index (χ1n) is 7.16. The number of benzene rings is 1. The van der Waals surface area contributed by atoms with Crippen LogP contribution in [0.25, 0.3) is 0 Å². The van der Waals surface area contributed by atoms with Crippen LogP contribution in [0.15, 0.2) is 27.1 Å². The van der Waals surface area contributed by atoms with Gasteiger partial charge in [0.2, 0.25) is 0 Å². The maximum atomic E-state index is 12.9. The van der Waals surface area contributed by atoms with Crippen molar-refractivity contribution in [2.24, 2.45) is 5.92 Å². The number of rotatable bonds is 6. The van der Waals surface area contributed by atoms with Crippen LogP contribution >= 0.6 is 31.9 Å². The number of amides is 1. The highest BCUT2D eigenvalue weighted by Crippen LogP contribution is 2.25. The van der Waals surface area contributed by atoms with E-state index in [1.807, 2.05) is 23.1 Å². The molecule has 1 aromatic carbocycles. The second kappa shape index (κ2) is 8.18. The van der Waals surface area contributed by atoms with Gasteiger partial charge in [0.15, 0.2) is 0 Å². The predicted molar refractivity (Wildman–Crippen MR) is 92.1 cm³/mol. The van der Waals surface area contributed by atoms with E-state index in [1.165, 1.54) is 0 Å². The minimum Gasteiger partial charge on any atom is -0.335 e. The van der Waals surface area contributed by atoms with E-state index < -0.39 is 0 Å². The van der Waals surface area contributed by atoms with Crippen LogP contribution < -0.4 is 0 Å². The summed E-state index contributed by atoms with van der Waals surface area (Å²) in [5, 5.41) is 0. The molecule has 112 valence electrons. The van der Waals surface area contributed by atoms with Gasteiger partial charge in [-0.3, -0.25) is 4.79 Å². The molecular formula is C16H23Br2NO. The van der Waals surface area contributed by atoms with Gasteiger partial charge in [-0.2, -0.15) is 0 Å². The Kier molecular flexibility index (Phi) is 7.24. The van der Waals surface area contributed by atoms with Gasteiger partial charge in [0.25, 0.3) is 5.91 Å². The summed E-state index contributed by atoms with van der Waals surface area (Å²) < 4.78 is 1.78. The quantitative estimate of drug-likeness (QED) is 0.612. The van der Waals surface area contributed by atoms with Crippen LogP contribution in [-0.4, -0.2) is 23.4 Å². The van der Waals surface area contributed by atoms with E-state index in [0.29, 0.717) is 12.0 Å². The van der Waals surface area contributed by atoms with Crippen LogP contribution in [-0.2, 0) is 0 Å². The highest BCUT2D eigenvalue weighted by molar-refractivity contribution is 9.11. The second-order valence-electron chi connectivity index (χ2n) is 5.45. The van der Waals surface area contributed by atoms with E-state index >= 15 is 0 Å². The van der Waals surface area contributed by atoms with Gasteiger partial charge in [-0.1, -0.05) is 43.6 Å². The fourth-order valence-corrected chi connectivity index (χ4v) is 3.11. The van der Waals surface area contributed by atoms with Crippen molar-refractivity contribution in [3.8, 4) is 0 Å². The summed E-state index contributed by atoms with van der Waals surface area (Å²) in [5.41, 5.74) is 0.729. The van der Waals surface area contributed by atoms with Gasteiger partial charge in [-0.25, -0.2) is 0 Å². The third-order valence-corrected chi connectivity index (χ3v) is 4.55. The number of carbonyl (C=O) groups excluding carboxylic acids is 1. The summed E-state index contributed by atoms with van der Waals surface area (Å²) in [5.74, 6) is 0.575. The molecule has 0 bridgehead atoms. The molecule has 20 heavy (non-hydrogen) atoms. The maximum absolute atomic E-state index is 12.9.